The highest BCUT2D eigenvalue weighted by Crippen LogP contribution is 2.25. The van der Waals surface area contributed by atoms with Crippen molar-refractivity contribution in [1.29, 1.82) is 0 Å². The van der Waals surface area contributed by atoms with Gasteiger partial charge in [0.2, 0.25) is 5.91 Å². The third-order valence-electron chi connectivity index (χ3n) is 2.79. The Bertz CT molecular complexity index is 235. The highest BCUT2D eigenvalue weighted by molar-refractivity contribution is 5.86. The van der Waals surface area contributed by atoms with Crippen molar-refractivity contribution in [2.75, 3.05) is 6.54 Å². The molecule has 1 rings (SSSR count). The average molecular weight is 213 g/mol. The molecule has 0 aromatic carbocycles. The lowest BCUT2D eigenvalue weighted by Crippen LogP contribution is -2.34. The number of rotatable bonds is 4. The van der Waals surface area contributed by atoms with E-state index in [9.17, 15) is 4.79 Å². The van der Waals surface area contributed by atoms with E-state index in [4.69, 9.17) is 10.9 Å². The summed E-state index contributed by atoms with van der Waals surface area (Å²) in [7, 11) is 0. The molecule has 0 spiro atoms. The lowest BCUT2D eigenvalue weighted by Gasteiger charge is -2.20. The first-order valence-electron chi connectivity index (χ1n) is 5.45. The number of carbonyl (C=O) groups excluding carboxylic acids is 1. The van der Waals surface area contributed by atoms with Gasteiger partial charge in [0.15, 0.2) is 5.84 Å². The van der Waals surface area contributed by atoms with Crippen LogP contribution in [0, 0.1) is 5.92 Å². The zero-order chi connectivity index (χ0) is 11.1. The molecule has 0 aliphatic heterocycles. The van der Waals surface area contributed by atoms with Crippen LogP contribution >= 0.6 is 0 Å². The molecule has 1 fully saturated rings. The largest absolute Gasteiger partial charge is 0.409 e. The minimum atomic E-state index is -0.00602. The molecule has 0 saturated heterocycles. The molecule has 1 aliphatic rings. The predicted molar refractivity (Wildman–Crippen MR) is 57.6 cm³/mol. The monoisotopic (exact) mass is 213 g/mol. The van der Waals surface area contributed by atoms with Gasteiger partial charge in [-0.1, -0.05) is 24.4 Å². The minimum absolute atomic E-state index is 0.00602. The van der Waals surface area contributed by atoms with Crippen LogP contribution in [-0.4, -0.2) is 23.5 Å². The predicted octanol–water partition coefficient (Wildman–Crippen LogP) is 0.819. The van der Waals surface area contributed by atoms with Gasteiger partial charge in [0, 0.05) is 6.42 Å². The molecule has 5 nitrogen and oxygen atoms in total. The van der Waals surface area contributed by atoms with E-state index in [-0.39, 0.29) is 18.3 Å². The maximum absolute atomic E-state index is 11.4. The second-order valence-electron chi connectivity index (χ2n) is 4.08. The number of nitrogens with one attached hydrogen (secondary N) is 1. The van der Waals surface area contributed by atoms with Crippen molar-refractivity contribution in [2.24, 2.45) is 16.8 Å². The Labute approximate surface area is 89.7 Å². The van der Waals surface area contributed by atoms with E-state index in [0.717, 1.165) is 12.8 Å². The van der Waals surface area contributed by atoms with Crippen LogP contribution in [0.4, 0.5) is 0 Å². The molecule has 0 heterocycles. The SMILES string of the molecule is N/C(CNC(=O)CC1CCCCC1)=N/O. The lowest BCUT2D eigenvalue weighted by atomic mass is 9.87. The zero-order valence-corrected chi connectivity index (χ0v) is 8.91. The van der Waals surface area contributed by atoms with E-state index in [1.54, 1.807) is 0 Å². The Balaban J connectivity index is 2.17. The van der Waals surface area contributed by atoms with Gasteiger partial charge in [0.05, 0.1) is 6.54 Å². The van der Waals surface area contributed by atoms with Crippen LogP contribution in [0.2, 0.25) is 0 Å². The van der Waals surface area contributed by atoms with Crippen molar-refractivity contribution in [3.8, 4) is 0 Å². The summed E-state index contributed by atoms with van der Waals surface area (Å²) in [4.78, 5) is 11.4. The number of carbonyl (C=O) groups is 1. The van der Waals surface area contributed by atoms with Crippen molar-refractivity contribution in [1.82, 2.24) is 5.32 Å². The highest BCUT2D eigenvalue weighted by atomic mass is 16.4. The van der Waals surface area contributed by atoms with Gasteiger partial charge in [0.1, 0.15) is 0 Å². The van der Waals surface area contributed by atoms with Crippen molar-refractivity contribution >= 4 is 11.7 Å². The number of amidine groups is 1. The summed E-state index contributed by atoms with van der Waals surface area (Å²) >= 11 is 0. The first kappa shape index (κ1) is 11.8. The lowest BCUT2D eigenvalue weighted by molar-refractivity contribution is -0.121. The summed E-state index contributed by atoms with van der Waals surface area (Å²) in [6, 6.07) is 0. The fourth-order valence-electron chi connectivity index (χ4n) is 1.95. The normalized spacial score (nSPS) is 18.8. The van der Waals surface area contributed by atoms with Gasteiger partial charge in [-0.15, -0.1) is 0 Å². The van der Waals surface area contributed by atoms with E-state index in [2.05, 4.69) is 10.5 Å². The number of nitrogens with zero attached hydrogens (tertiary/aromatic N) is 1. The van der Waals surface area contributed by atoms with Crippen LogP contribution in [-0.2, 0) is 4.79 Å². The minimum Gasteiger partial charge on any atom is -0.409 e. The van der Waals surface area contributed by atoms with Crippen molar-refractivity contribution in [3.63, 3.8) is 0 Å². The first-order chi connectivity index (χ1) is 7.22. The van der Waals surface area contributed by atoms with Gasteiger partial charge in [-0.3, -0.25) is 4.79 Å². The van der Waals surface area contributed by atoms with E-state index >= 15 is 0 Å². The smallest absolute Gasteiger partial charge is 0.220 e. The first-order valence-corrected chi connectivity index (χ1v) is 5.45. The van der Waals surface area contributed by atoms with Crippen LogP contribution in [0.15, 0.2) is 5.16 Å². The Morgan fingerprint density at radius 3 is 2.67 bits per heavy atom. The molecule has 0 aromatic rings. The Hall–Kier alpha value is -1.26. The van der Waals surface area contributed by atoms with Gasteiger partial charge in [0.25, 0.3) is 0 Å². The molecule has 1 aliphatic carbocycles. The molecule has 86 valence electrons. The summed E-state index contributed by atoms with van der Waals surface area (Å²) in [5.74, 6) is 0.548. The number of amides is 1. The number of nitrogens with two attached hydrogens (primary N) is 1. The van der Waals surface area contributed by atoms with E-state index in [0.29, 0.717) is 12.3 Å². The standard InChI is InChI=1S/C10H19N3O2/c11-9(13-15)7-12-10(14)6-8-4-2-1-3-5-8/h8,15H,1-7H2,(H2,11,13)(H,12,14). The summed E-state index contributed by atoms with van der Waals surface area (Å²) in [6.07, 6.45) is 6.63. The summed E-state index contributed by atoms with van der Waals surface area (Å²) in [5.41, 5.74) is 5.24. The Morgan fingerprint density at radius 2 is 2.07 bits per heavy atom. The molecule has 1 amide bonds. The molecule has 0 radical (unpaired) electrons. The number of oxime groups is 1. The summed E-state index contributed by atoms with van der Waals surface area (Å²) < 4.78 is 0. The zero-order valence-electron chi connectivity index (χ0n) is 8.91. The Morgan fingerprint density at radius 1 is 1.40 bits per heavy atom. The second-order valence-corrected chi connectivity index (χ2v) is 4.08. The fourth-order valence-corrected chi connectivity index (χ4v) is 1.95. The molecule has 0 atom stereocenters. The van der Waals surface area contributed by atoms with Crippen LogP contribution in [0.1, 0.15) is 38.5 Å². The quantitative estimate of drug-likeness (QED) is 0.279. The van der Waals surface area contributed by atoms with Crippen molar-refractivity contribution < 1.29 is 10.0 Å². The third-order valence-corrected chi connectivity index (χ3v) is 2.79. The molecular weight excluding hydrogens is 194 g/mol. The van der Waals surface area contributed by atoms with Gasteiger partial charge < -0.3 is 16.3 Å². The maximum Gasteiger partial charge on any atom is 0.220 e. The molecule has 1 saturated carbocycles. The van der Waals surface area contributed by atoms with E-state index in [1.165, 1.54) is 19.3 Å². The third kappa shape index (κ3) is 4.67. The second kappa shape index (κ2) is 6.27. The van der Waals surface area contributed by atoms with Crippen molar-refractivity contribution in [2.45, 2.75) is 38.5 Å². The average Bonchev–Trinajstić information content (AvgIpc) is 2.27. The molecule has 0 unspecified atom stereocenters. The van der Waals surface area contributed by atoms with Gasteiger partial charge in [-0.2, -0.15) is 0 Å². The topological polar surface area (TPSA) is 87.7 Å². The maximum atomic E-state index is 11.4. The summed E-state index contributed by atoms with van der Waals surface area (Å²) in [6.45, 7) is 0.127. The van der Waals surface area contributed by atoms with Crippen LogP contribution < -0.4 is 11.1 Å². The van der Waals surface area contributed by atoms with Gasteiger partial charge in [-0.05, 0) is 18.8 Å². The molecule has 0 bridgehead atoms. The molecule has 0 aromatic heterocycles. The van der Waals surface area contributed by atoms with E-state index < -0.39 is 0 Å². The molecular formula is C10H19N3O2. The van der Waals surface area contributed by atoms with Gasteiger partial charge in [-0.25, -0.2) is 0 Å². The van der Waals surface area contributed by atoms with Crippen LogP contribution in [0.25, 0.3) is 0 Å². The number of hydrogen-bond donors (Lipinski definition) is 3. The molecule has 4 N–H and O–H groups in total. The van der Waals surface area contributed by atoms with Crippen LogP contribution in [0.3, 0.4) is 0 Å². The van der Waals surface area contributed by atoms with Crippen LogP contribution in [0.5, 0.6) is 0 Å². The summed E-state index contributed by atoms with van der Waals surface area (Å²) in [5, 5.41) is 13.7. The van der Waals surface area contributed by atoms with E-state index in [1.807, 2.05) is 0 Å². The van der Waals surface area contributed by atoms with Gasteiger partial charge >= 0.3 is 0 Å². The molecule has 5 heteroatoms. The Kier molecular flexibility index (Phi) is 4.93. The number of hydrogen-bond acceptors (Lipinski definition) is 3. The van der Waals surface area contributed by atoms with Crippen molar-refractivity contribution in [3.05, 3.63) is 0 Å². The fraction of sp³-hybridized carbons (Fsp3) is 0.800. The molecule has 15 heavy (non-hydrogen) atoms. The highest BCUT2D eigenvalue weighted by Gasteiger charge is 2.16.